The third-order valence-electron chi connectivity index (χ3n) is 5.05. The molecule has 0 bridgehead atoms. The number of amides is 1. The molecule has 2 aromatic heterocycles. The summed E-state index contributed by atoms with van der Waals surface area (Å²) in [5.41, 5.74) is 0.722. The van der Waals surface area contributed by atoms with Gasteiger partial charge in [-0.2, -0.15) is 13.2 Å². The lowest BCUT2D eigenvalue weighted by Crippen LogP contribution is -2.18. The van der Waals surface area contributed by atoms with E-state index in [1.807, 2.05) is 17.7 Å². The van der Waals surface area contributed by atoms with Crippen molar-refractivity contribution >= 4 is 11.6 Å². The van der Waals surface area contributed by atoms with Gasteiger partial charge in [0, 0.05) is 19.2 Å². The Bertz CT molecular complexity index is 1070. The van der Waals surface area contributed by atoms with Crippen LogP contribution >= 0.6 is 0 Å². The lowest BCUT2D eigenvalue weighted by atomic mass is 10.1. The molecule has 156 valence electrons. The number of aryl methyl sites for hydroxylation is 3. The second kappa shape index (κ2) is 7.89. The highest BCUT2D eigenvalue weighted by atomic mass is 19.4. The standard InChI is InChI=1S/C21H20F3N5O/c1-29-12-25-28-19(29)8-5-13-3-2-4-16(9-13)26-20(30)17-10-15(14-6-7-14)11-18(27-17)21(22,23)24/h2-4,9-12,14H,5-8H2,1H3,(H,26,30). The summed E-state index contributed by atoms with van der Waals surface area (Å²) >= 11 is 0. The van der Waals surface area contributed by atoms with Crippen LogP contribution in [0, 0.1) is 0 Å². The quantitative estimate of drug-likeness (QED) is 0.657. The number of carbonyl (C=O) groups excluding carboxylic acids is 1. The highest BCUT2D eigenvalue weighted by Gasteiger charge is 2.35. The summed E-state index contributed by atoms with van der Waals surface area (Å²) in [6.45, 7) is 0. The van der Waals surface area contributed by atoms with Crippen LogP contribution in [-0.4, -0.2) is 25.7 Å². The Balaban J connectivity index is 1.50. The van der Waals surface area contributed by atoms with Crippen LogP contribution < -0.4 is 5.32 Å². The fourth-order valence-electron chi connectivity index (χ4n) is 3.25. The van der Waals surface area contributed by atoms with Crippen molar-refractivity contribution in [3.63, 3.8) is 0 Å². The molecular formula is C21H20F3N5O. The molecule has 1 amide bonds. The number of anilines is 1. The largest absolute Gasteiger partial charge is 0.433 e. The minimum absolute atomic E-state index is 0.0737. The van der Waals surface area contributed by atoms with Crippen LogP contribution in [0.25, 0.3) is 0 Å². The Hall–Kier alpha value is -3.23. The summed E-state index contributed by atoms with van der Waals surface area (Å²) in [6.07, 6.45) is 0.0488. The molecule has 1 fully saturated rings. The smallest absolute Gasteiger partial charge is 0.321 e. The summed E-state index contributed by atoms with van der Waals surface area (Å²) in [6, 6.07) is 9.70. The molecule has 1 aliphatic rings. The molecule has 6 nitrogen and oxygen atoms in total. The summed E-state index contributed by atoms with van der Waals surface area (Å²) < 4.78 is 41.4. The first-order chi connectivity index (χ1) is 14.3. The van der Waals surface area contributed by atoms with E-state index in [0.717, 1.165) is 30.3 Å². The van der Waals surface area contributed by atoms with Crippen molar-refractivity contribution in [2.75, 3.05) is 5.32 Å². The van der Waals surface area contributed by atoms with Crippen LogP contribution in [0.5, 0.6) is 0 Å². The zero-order valence-corrected chi connectivity index (χ0v) is 16.3. The van der Waals surface area contributed by atoms with Gasteiger partial charge in [0.15, 0.2) is 0 Å². The van der Waals surface area contributed by atoms with Crippen molar-refractivity contribution in [3.8, 4) is 0 Å². The maximum absolute atomic E-state index is 13.2. The zero-order chi connectivity index (χ0) is 21.3. The lowest BCUT2D eigenvalue weighted by molar-refractivity contribution is -0.141. The van der Waals surface area contributed by atoms with E-state index < -0.39 is 17.8 Å². The molecule has 0 radical (unpaired) electrons. The maximum atomic E-state index is 13.2. The van der Waals surface area contributed by atoms with E-state index in [-0.39, 0.29) is 11.6 Å². The Kier molecular flexibility index (Phi) is 5.27. The number of hydrogen-bond donors (Lipinski definition) is 1. The molecule has 1 aromatic carbocycles. The number of halogens is 3. The average Bonchev–Trinajstić information content (AvgIpc) is 3.48. The molecule has 30 heavy (non-hydrogen) atoms. The van der Waals surface area contributed by atoms with Crippen molar-refractivity contribution in [2.24, 2.45) is 7.05 Å². The highest BCUT2D eigenvalue weighted by Crippen LogP contribution is 2.42. The van der Waals surface area contributed by atoms with Gasteiger partial charge in [0.1, 0.15) is 23.5 Å². The van der Waals surface area contributed by atoms with Gasteiger partial charge < -0.3 is 9.88 Å². The Morgan fingerprint density at radius 2 is 2.00 bits per heavy atom. The predicted molar refractivity (Wildman–Crippen MR) is 104 cm³/mol. The summed E-state index contributed by atoms with van der Waals surface area (Å²) in [5.74, 6) is 0.253. The minimum Gasteiger partial charge on any atom is -0.321 e. The van der Waals surface area contributed by atoms with E-state index in [4.69, 9.17) is 0 Å². The van der Waals surface area contributed by atoms with Crippen molar-refractivity contribution < 1.29 is 18.0 Å². The van der Waals surface area contributed by atoms with E-state index in [2.05, 4.69) is 20.5 Å². The van der Waals surface area contributed by atoms with Gasteiger partial charge in [-0.25, -0.2) is 4.98 Å². The summed E-state index contributed by atoms with van der Waals surface area (Å²) in [5, 5.41) is 10.5. The number of nitrogens with zero attached hydrogens (tertiary/aromatic N) is 4. The molecule has 0 atom stereocenters. The van der Waals surface area contributed by atoms with Gasteiger partial charge in [-0.3, -0.25) is 4.79 Å². The van der Waals surface area contributed by atoms with Crippen LogP contribution in [-0.2, 0) is 26.1 Å². The molecule has 3 aromatic rings. The molecule has 1 N–H and O–H groups in total. The Labute approximate surface area is 171 Å². The molecule has 0 spiro atoms. The molecular weight excluding hydrogens is 395 g/mol. The van der Waals surface area contributed by atoms with Gasteiger partial charge in [0.25, 0.3) is 5.91 Å². The van der Waals surface area contributed by atoms with Crippen LogP contribution in [0.3, 0.4) is 0 Å². The van der Waals surface area contributed by atoms with Gasteiger partial charge in [-0.15, -0.1) is 10.2 Å². The SMILES string of the molecule is Cn1cnnc1CCc1cccc(NC(=O)c2cc(C3CC3)cc(C(F)(F)F)n2)c1. The van der Waals surface area contributed by atoms with Crippen LogP contribution in [0.2, 0.25) is 0 Å². The van der Waals surface area contributed by atoms with Gasteiger partial charge >= 0.3 is 6.18 Å². The van der Waals surface area contributed by atoms with Crippen molar-refractivity contribution in [3.05, 3.63) is 71.1 Å². The van der Waals surface area contributed by atoms with Crippen LogP contribution in [0.4, 0.5) is 18.9 Å². The monoisotopic (exact) mass is 415 g/mol. The fraction of sp³-hybridized carbons (Fsp3) is 0.333. The number of alkyl halides is 3. The first-order valence-corrected chi connectivity index (χ1v) is 9.62. The third-order valence-corrected chi connectivity index (χ3v) is 5.05. The normalized spacial score (nSPS) is 14.0. The van der Waals surface area contributed by atoms with Crippen LogP contribution in [0.15, 0.2) is 42.7 Å². The molecule has 1 aliphatic carbocycles. The first-order valence-electron chi connectivity index (χ1n) is 9.62. The molecule has 2 heterocycles. The Morgan fingerprint density at radius 1 is 1.20 bits per heavy atom. The van der Waals surface area contributed by atoms with Gasteiger partial charge in [-0.1, -0.05) is 12.1 Å². The van der Waals surface area contributed by atoms with E-state index in [0.29, 0.717) is 24.1 Å². The second-order valence-corrected chi connectivity index (χ2v) is 7.46. The lowest BCUT2D eigenvalue weighted by Gasteiger charge is -2.12. The van der Waals surface area contributed by atoms with Crippen molar-refractivity contribution in [1.29, 1.82) is 0 Å². The molecule has 1 saturated carbocycles. The van der Waals surface area contributed by atoms with Crippen molar-refractivity contribution in [2.45, 2.75) is 37.8 Å². The third kappa shape index (κ3) is 4.67. The fourth-order valence-corrected chi connectivity index (χ4v) is 3.25. The highest BCUT2D eigenvalue weighted by molar-refractivity contribution is 6.03. The first kappa shape index (κ1) is 20.1. The molecule has 0 aliphatic heterocycles. The topological polar surface area (TPSA) is 72.7 Å². The predicted octanol–water partition coefficient (Wildman–Crippen LogP) is 4.14. The van der Waals surface area contributed by atoms with Crippen LogP contribution in [0.1, 0.15) is 51.9 Å². The molecule has 9 heteroatoms. The zero-order valence-electron chi connectivity index (χ0n) is 16.3. The molecule has 4 rings (SSSR count). The molecule has 0 saturated heterocycles. The van der Waals surface area contributed by atoms with E-state index >= 15 is 0 Å². The number of rotatable bonds is 6. The number of hydrogen-bond acceptors (Lipinski definition) is 4. The van der Waals surface area contributed by atoms with Crippen molar-refractivity contribution in [1.82, 2.24) is 19.7 Å². The van der Waals surface area contributed by atoms with Gasteiger partial charge in [0.2, 0.25) is 0 Å². The Morgan fingerprint density at radius 3 is 2.67 bits per heavy atom. The van der Waals surface area contributed by atoms with E-state index in [1.165, 1.54) is 6.07 Å². The number of aromatic nitrogens is 4. The minimum atomic E-state index is -4.60. The number of nitrogens with one attached hydrogen (secondary N) is 1. The molecule has 0 unspecified atom stereocenters. The van der Waals surface area contributed by atoms with Gasteiger partial charge in [-0.05, 0) is 60.6 Å². The number of carbonyl (C=O) groups is 1. The summed E-state index contributed by atoms with van der Waals surface area (Å²) in [4.78, 5) is 16.2. The average molecular weight is 415 g/mol. The van der Waals surface area contributed by atoms with Gasteiger partial charge in [0.05, 0.1) is 0 Å². The maximum Gasteiger partial charge on any atom is 0.433 e. The summed E-state index contributed by atoms with van der Waals surface area (Å²) in [7, 11) is 1.87. The number of pyridine rings is 1. The second-order valence-electron chi connectivity index (χ2n) is 7.46. The van der Waals surface area contributed by atoms with E-state index in [9.17, 15) is 18.0 Å². The number of benzene rings is 1. The van der Waals surface area contributed by atoms with E-state index in [1.54, 1.807) is 24.5 Å².